The zero-order valence-corrected chi connectivity index (χ0v) is 8.72. The average Bonchev–Trinajstić information content (AvgIpc) is 2.06. The van der Waals surface area contributed by atoms with Crippen LogP contribution in [0, 0.1) is 5.92 Å². The molecule has 0 atom stereocenters. The topological polar surface area (TPSA) is 0 Å². The van der Waals surface area contributed by atoms with Crippen molar-refractivity contribution >= 4 is 0 Å². The van der Waals surface area contributed by atoms with Gasteiger partial charge >= 0.3 is 0 Å². The molecule has 0 heterocycles. The lowest BCUT2D eigenvalue weighted by Crippen LogP contribution is -1.91. The van der Waals surface area contributed by atoms with Gasteiger partial charge in [-0.25, -0.2) is 0 Å². The summed E-state index contributed by atoms with van der Waals surface area (Å²) in [4.78, 5) is 0. The van der Waals surface area contributed by atoms with Crippen LogP contribution in [0.5, 0.6) is 0 Å². The lowest BCUT2D eigenvalue weighted by molar-refractivity contribution is 0.610. The summed E-state index contributed by atoms with van der Waals surface area (Å²) < 4.78 is 0. The Morgan fingerprint density at radius 2 is 1.58 bits per heavy atom. The number of hydrogen-bond donors (Lipinski definition) is 0. The third-order valence-electron chi connectivity index (χ3n) is 2.02. The second-order valence-corrected chi connectivity index (χ2v) is 3.21. The molecule has 0 amide bonds. The van der Waals surface area contributed by atoms with Crippen LogP contribution < -0.4 is 0 Å². The van der Waals surface area contributed by atoms with Crippen molar-refractivity contribution in [3.8, 4) is 0 Å². The fourth-order valence-corrected chi connectivity index (χ4v) is 1.38. The van der Waals surface area contributed by atoms with Crippen LogP contribution in [0.25, 0.3) is 0 Å². The maximum Gasteiger partial charge on any atom is -0.00537 e. The fourth-order valence-electron chi connectivity index (χ4n) is 1.38. The van der Waals surface area contributed by atoms with Crippen LogP contribution in [0.1, 0.15) is 46.5 Å². The first-order chi connectivity index (χ1) is 5.85. The van der Waals surface area contributed by atoms with Crippen LogP contribution in [-0.2, 0) is 0 Å². The quantitative estimate of drug-likeness (QED) is 0.407. The maximum absolute atomic E-state index is 2.29. The molecule has 0 aromatic heterocycles. The van der Waals surface area contributed by atoms with Crippen molar-refractivity contribution in [2.24, 2.45) is 5.92 Å². The standard InChI is InChI=1S/C12H22/c1-4-7-8-11-12(9-5-2)10-6-3/h5-6,9-10,12H,4,7-8,11H2,1-3H3. The Bertz CT molecular complexity index is 119. The highest BCUT2D eigenvalue weighted by Crippen LogP contribution is 2.12. The monoisotopic (exact) mass is 166 g/mol. The summed E-state index contributed by atoms with van der Waals surface area (Å²) in [5.74, 6) is 0.673. The molecule has 0 heteroatoms. The molecule has 0 nitrogen and oxygen atoms in total. The van der Waals surface area contributed by atoms with E-state index < -0.39 is 0 Å². The average molecular weight is 166 g/mol. The first-order valence-corrected chi connectivity index (χ1v) is 5.10. The van der Waals surface area contributed by atoms with Gasteiger partial charge in [-0.2, -0.15) is 0 Å². The van der Waals surface area contributed by atoms with E-state index in [1.54, 1.807) is 0 Å². The van der Waals surface area contributed by atoms with Gasteiger partial charge in [-0.3, -0.25) is 0 Å². The first-order valence-electron chi connectivity index (χ1n) is 5.10. The summed E-state index contributed by atoms with van der Waals surface area (Å²) in [5.41, 5.74) is 0. The Morgan fingerprint density at radius 1 is 1.00 bits per heavy atom. The molecule has 12 heavy (non-hydrogen) atoms. The molecule has 0 radical (unpaired) electrons. The minimum Gasteiger partial charge on any atom is -0.0911 e. The second kappa shape index (κ2) is 8.58. The molecule has 0 saturated heterocycles. The van der Waals surface area contributed by atoms with E-state index in [1.807, 2.05) is 0 Å². The van der Waals surface area contributed by atoms with E-state index in [9.17, 15) is 0 Å². The van der Waals surface area contributed by atoms with E-state index in [-0.39, 0.29) is 0 Å². The molecule has 0 fully saturated rings. The highest BCUT2D eigenvalue weighted by molar-refractivity contribution is 4.98. The van der Waals surface area contributed by atoms with Gasteiger partial charge in [0.2, 0.25) is 0 Å². The van der Waals surface area contributed by atoms with Crippen LogP contribution in [0.2, 0.25) is 0 Å². The normalized spacial score (nSPS) is 14.6. The van der Waals surface area contributed by atoms with Crippen LogP contribution in [0.15, 0.2) is 24.3 Å². The van der Waals surface area contributed by atoms with Crippen LogP contribution in [0.4, 0.5) is 0 Å². The number of rotatable bonds is 6. The highest BCUT2D eigenvalue weighted by atomic mass is 14.0. The summed E-state index contributed by atoms with van der Waals surface area (Å²) in [6.45, 7) is 6.44. The highest BCUT2D eigenvalue weighted by Gasteiger charge is 1.97. The minimum atomic E-state index is 0.673. The van der Waals surface area contributed by atoms with Gasteiger partial charge in [0.05, 0.1) is 0 Å². The summed E-state index contributed by atoms with van der Waals surface area (Å²) in [6.07, 6.45) is 14.2. The molecule has 0 saturated carbocycles. The lowest BCUT2D eigenvalue weighted by atomic mass is 10.0. The van der Waals surface area contributed by atoms with E-state index in [0.717, 1.165) is 0 Å². The van der Waals surface area contributed by atoms with Gasteiger partial charge in [0.25, 0.3) is 0 Å². The molecule has 0 aromatic carbocycles. The summed E-state index contributed by atoms with van der Waals surface area (Å²) in [6, 6.07) is 0. The smallest absolute Gasteiger partial charge is 0.00537 e. The maximum atomic E-state index is 2.29. The zero-order valence-electron chi connectivity index (χ0n) is 8.72. The third-order valence-corrected chi connectivity index (χ3v) is 2.02. The van der Waals surface area contributed by atoms with Crippen LogP contribution >= 0.6 is 0 Å². The van der Waals surface area contributed by atoms with Gasteiger partial charge in [0.1, 0.15) is 0 Å². The molecule has 0 aliphatic heterocycles. The number of hydrogen-bond acceptors (Lipinski definition) is 0. The van der Waals surface area contributed by atoms with Gasteiger partial charge in [0.15, 0.2) is 0 Å². The molecule has 0 aliphatic rings. The molecule has 0 bridgehead atoms. The summed E-state index contributed by atoms with van der Waals surface area (Å²) in [5, 5.41) is 0. The molecule has 0 N–H and O–H groups in total. The minimum absolute atomic E-state index is 0.673. The van der Waals surface area contributed by atoms with Gasteiger partial charge < -0.3 is 0 Å². The van der Waals surface area contributed by atoms with Crippen molar-refractivity contribution < 1.29 is 0 Å². The Hall–Kier alpha value is -0.520. The van der Waals surface area contributed by atoms with E-state index in [2.05, 4.69) is 45.1 Å². The predicted octanol–water partition coefficient (Wildman–Crippen LogP) is 4.34. The molecular formula is C12H22. The lowest BCUT2D eigenvalue weighted by Gasteiger charge is -2.05. The second-order valence-electron chi connectivity index (χ2n) is 3.21. The molecule has 0 rings (SSSR count). The van der Waals surface area contributed by atoms with E-state index in [0.29, 0.717) is 5.92 Å². The van der Waals surface area contributed by atoms with Gasteiger partial charge in [0, 0.05) is 0 Å². The Kier molecular flexibility index (Phi) is 8.20. The third kappa shape index (κ3) is 6.21. The van der Waals surface area contributed by atoms with E-state index >= 15 is 0 Å². The molecule has 0 unspecified atom stereocenters. The predicted molar refractivity (Wildman–Crippen MR) is 57.3 cm³/mol. The molecule has 0 aromatic rings. The van der Waals surface area contributed by atoms with Gasteiger partial charge in [-0.15, -0.1) is 0 Å². The van der Waals surface area contributed by atoms with Gasteiger partial charge in [-0.1, -0.05) is 50.5 Å². The Morgan fingerprint density at radius 3 is 2.00 bits per heavy atom. The SMILES string of the molecule is CC=CC(C=CC)CCCCC. The first kappa shape index (κ1) is 11.5. The number of allylic oxidation sites excluding steroid dienone is 4. The van der Waals surface area contributed by atoms with Crippen molar-refractivity contribution in [2.75, 3.05) is 0 Å². The largest absolute Gasteiger partial charge is 0.0911 e. The number of unbranched alkanes of at least 4 members (excludes halogenated alkanes) is 2. The van der Waals surface area contributed by atoms with Crippen molar-refractivity contribution in [3.05, 3.63) is 24.3 Å². The van der Waals surface area contributed by atoms with E-state index in [4.69, 9.17) is 0 Å². The van der Waals surface area contributed by atoms with Crippen LogP contribution in [-0.4, -0.2) is 0 Å². The van der Waals surface area contributed by atoms with Crippen LogP contribution in [0.3, 0.4) is 0 Å². The van der Waals surface area contributed by atoms with E-state index in [1.165, 1.54) is 25.7 Å². The van der Waals surface area contributed by atoms with Gasteiger partial charge in [-0.05, 0) is 26.2 Å². The summed E-state index contributed by atoms with van der Waals surface area (Å²) in [7, 11) is 0. The molecule has 0 aliphatic carbocycles. The van der Waals surface area contributed by atoms with Crippen molar-refractivity contribution in [1.29, 1.82) is 0 Å². The molecule has 0 spiro atoms. The Labute approximate surface area is 77.4 Å². The Balaban J connectivity index is 3.63. The summed E-state index contributed by atoms with van der Waals surface area (Å²) >= 11 is 0. The molecule has 70 valence electrons. The van der Waals surface area contributed by atoms with Crippen molar-refractivity contribution in [1.82, 2.24) is 0 Å². The zero-order chi connectivity index (χ0) is 9.23. The van der Waals surface area contributed by atoms with Crippen molar-refractivity contribution in [3.63, 3.8) is 0 Å². The fraction of sp³-hybridized carbons (Fsp3) is 0.667. The van der Waals surface area contributed by atoms with Crippen molar-refractivity contribution in [2.45, 2.75) is 46.5 Å². The molecular weight excluding hydrogens is 144 g/mol.